The molecule has 0 amide bonds. The fraction of sp³-hybridized carbons (Fsp3) is 0.194. The number of sulfonamides is 1. The lowest BCUT2D eigenvalue weighted by molar-refractivity contribution is 0.0758. The van der Waals surface area contributed by atoms with E-state index in [0.29, 0.717) is 35.6 Å². The van der Waals surface area contributed by atoms with Crippen LogP contribution in [0.2, 0.25) is 10.0 Å². The number of benzene rings is 3. The molecule has 1 saturated heterocycles. The van der Waals surface area contributed by atoms with Crippen molar-refractivity contribution in [1.29, 1.82) is 0 Å². The summed E-state index contributed by atoms with van der Waals surface area (Å²) in [6.07, 6.45) is 1.21. The monoisotopic (exact) mass is 711 g/mol. The van der Waals surface area contributed by atoms with Gasteiger partial charge in [-0.3, -0.25) is 4.72 Å². The van der Waals surface area contributed by atoms with Crippen LogP contribution in [-0.2, 0) is 14.8 Å². The first-order valence-electron chi connectivity index (χ1n) is 14.6. The molecule has 2 atom stereocenters. The minimum atomic E-state index is -4.41. The number of rotatable bonds is 7. The Morgan fingerprint density at radius 3 is 2.50 bits per heavy atom. The number of aromatic nitrogens is 6. The molecule has 12 nitrogen and oxygen atoms in total. The Hall–Kier alpha value is -4.70. The molecule has 3 aromatic heterocycles. The van der Waals surface area contributed by atoms with Gasteiger partial charge in [0, 0.05) is 0 Å². The molecule has 0 radical (unpaired) electrons. The molecule has 0 saturated carbocycles. The van der Waals surface area contributed by atoms with E-state index in [1.165, 1.54) is 24.5 Å². The molecule has 1 aliphatic heterocycles. The van der Waals surface area contributed by atoms with Crippen LogP contribution in [0.25, 0.3) is 27.9 Å². The van der Waals surface area contributed by atoms with Gasteiger partial charge in [0.25, 0.3) is 10.0 Å². The minimum absolute atomic E-state index is 0.00962. The van der Waals surface area contributed by atoms with Crippen molar-refractivity contribution in [3.63, 3.8) is 0 Å². The maximum atomic E-state index is 15.8. The van der Waals surface area contributed by atoms with Gasteiger partial charge in [-0.1, -0.05) is 40.5 Å². The maximum Gasteiger partial charge on any atom is 0.263 e. The summed E-state index contributed by atoms with van der Waals surface area (Å²) in [5, 5.41) is 11.2. The van der Waals surface area contributed by atoms with E-state index in [-0.39, 0.29) is 38.4 Å². The van der Waals surface area contributed by atoms with Crippen LogP contribution in [0.1, 0.15) is 13.8 Å². The van der Waals surface area contributed by atoms with Crippen molar-refractivity contribution in [1.82, 2.24) is 29.9 Å². The largest absolute Gasteiger partial charge is 0.377 e. The van der Waals surface area contributed by atoms with Crippen LogP contribution in [0.5, 0.6) is 0 Å². The van der Waals surface area contributed by atoms with Gasteiger partial charge in [-0.15, -0.1) is 5.10 Å². The third-order valence-corrected chi connectivity index (χ3v) is 10.2. The van der Waals surface area contributed by atoms with Crippen molar-refractivity contribution in [3.05, 3.63) is 88.7 Å². The lowest BCUT2D eigenvalue weighted by Gasteiger charge is -2.40. The first-order valence-corrected chi connectivity index (χ1v) is 16.8. The molecule has 48 heavy (non-hydrogen) atoms. The van der Waals surface area contributed by atoms with E-state index in [1.807, 2.05) is 18.2 Å². The quantitative estimate of drug-likeness (QED) is 0.189. The third kappa shape index (κ3) is 5.61. The second-order valence-corrected chi connectivity index (χ2v) is 13.6. The highest BCUT2D eigenvalue weighted by Gasteiger charge is 2.29. The number of hydrogen-bond donors (Lipinski definition) is 2. The number of anilines is 4. The van der Waals surface area contributed by atoms with Gasteiger partial charge in [-0.2, -0.15) is 4.68 Å². The zero-order valence-electron chi connectivity index (χ0n) is 25.2. The van der Waals surface area contributed by atoms with E-state index in [2.05, 4.69) is 49.1 Å². The smallest absolute Gasteiger partial charge is 0.263 e. The van der Waals surface area contributed by atoms with Crippen molar-refractivity contribution in [2.75, 3.05) is 28.2 Å². The summed E-state index contributed by atoms with van der Waals surface area (Å²) in [5.41, 5.74) is 1.58. The molecule has 6 aromatic rings. The van der Waals surface area contributed by atoms with Crippen LogP contribution in [0.15, 0.2) is 71.9 Å². The fourth-order valence-electron chi connectivity index (χ4n) is 5.68. The minimum Gasteiger partial charge on any atom is -0.377 e. The molecule has 0 spiro atoms. The molecular weight excluding hydrogens is 687 g/mol. The van der Waals surface area contributed by atoms with Gasteiger partial charge in [0.05, 0.1) is 57.8 Å². The Kier molecular flexibility index (Phi) is 8.23. The maximum absolute atomic E-state index is 15.8. The highest BCUT2D eigenvalue weighted by atomic mass is 35.5. The van der Waals surface area contributed by atoms with Gasteiger partial charge < -0.3 is 15.0 Å². The number of morpholine rings is 1. The Labute approximate surface area is 282 Å². The molecule has 3 aromatic carbocycles. The molecule has 4 heterocycles. The number of pyridine rings is 1. The van der Waals surface area contributed by atoms with E-state index >= 15 is 8.78 Å². The van der Waals surface area contributed by atoms with Crippen LogP contribution in [0.4, 0.5) is 31.7 Å². The first kappa shape index (κ1) is 31.9. The zero-order valence-corrected chi connectivity index (χ0v) is 27.5. The summed E-state index contributed by atoms with van der Waals surface area (Å²) >= 11 is 12.1. The summed E-state index contributed by atoms with van der Waals surface area (Å²) < 4.78 is 66.4. The topological polar surface area (TPSA) is 140 Å². The third-order valence-electron chi connectivity index (χ3n) is 7.87. The van der Waals surface area contributed by atoms with Crippen molar-refractivity contribution >= 4 is 78.2 Å². The van der Waals surface area contributed by atoms with Gasteiger partial charge in [-0.25, -0.2) is 32.2 Å². The molecule has 2 unspecified atom stereocenters. The van der Waals surface area contributed by atoms with Crippen LogP contribution >= 0.6 is 23.2 Å². The molecule has 246 valence electrons. The molecule has 7 rings (SSSR count). The Balaban J connectivity index is 1.25. The standard InChI is InChI=1S/C31H25Cl2F2N9O3S/c1-16-13-47-14-17(2)43(16)22-6-4-7-23-30(22)40-42-44(23)25-12-11-21-29(38-25)31(37-15-36-21)39-28-19(34)9-10-20(27(28)35)41-48(45,46)24-8-3-5-18(32)26(24)33/h3-12,15-17,41H,13-14H2,1-2H3,(H,36,37,39). The average molecular weight is 713 g/mol. The second-order valence-electron chi connectivity index (χ2n) is 11.1. The summed E-state index contributed by atoms with van der Waals surface area (Å²) in [5.74, 6) is -1.94. The van der Waals surface area contributed by atoms with Gasteiger partial charge in [0.15, 0.2) is 17.5 Å². The molecular formula is C31H25Cl2F2N9O3S. The zero-order chi connectivity index (χ0) is 33.7. The van der Waals surface area contributed by atoms with E-state index in [9.17, 15) is 8.42 Å². The number of hydrogen-bond acceptors (Lipinski definition) is 10. The SMILES string of the molecule is CC1COCC(C)N1c1cccc2c1nnn2-c1ccc2ncnc(Nc3c(F)ccc(NS(=O)(=O)c4cccc(Cl)c4Cl)c3F)c2n1. The van der Waals surface area contributed by atoms with Gasteiger partial charge in [0.1, 0.15) is 33.8 Å². The van der Waals surface area contributed by atoms with Crippen molar-refractivity contribution in [3.8, 4) is 5.82 Å². The summed E-state index contributed by atoms with van der Waals surface area (Å²) in [7, 11) is -4.41. The summed E-state index contributed by atoms with van der Waals surface area (Å²) in [6, 6.07) is 15.2. The number of nitrogens with zero attached hydrogens (tertiary/aromatic N) is 7. The molecule has 2 N–H and O–H groups in total. The Bertz CT molecular complexity index is 2320. The van der Waals surface area contributed by atoms with Gasteiger partial charge in [0.2, 0.25) is 0 Å². The number of ether oxygens (including phenoxy) is 1. The van der Waals surface area contributed by atoms with Crippen LogP contribution in [0, 0.1) is 11.6 Å². The van der Waals surface area contributed by atoms with Gasteiger partial charge in [-0.05, 0) is 62.4 Å². The van der Waals surface area contributed by atoms with Crippen LogP contribution < -0.4 is 14.9 Å². The summed E-state index contributed by atoms with van der Waals surface area (Å²) in [4.78, 5) is 15.0. The highest BCUT2D eigenvalue weighted by Crippen LogP contribution is 2.35. The molecule has 1 fully saturated rings. The van der Waals surface area contributed by atoms with Crippen LogP contribution in [0.3, 0.4) is 0 Å². The van der Waals surface area contributed by atoms with Crippen molar-refractivity contribution in [2.45, 2.75) is 30.8 Å². The van der Waals surface area contributed by atoms with Crippen LogP contribution in [-0.4, -0.2) is 63.7 Å². The lowest BCUT2D eigenvalue weighted by Crippen LogP contribution is -2.49. The van der Waals surface area contributed by atoms with E-state index < -0.39 is 33.0 Å². The second kappa shape index (κ2) is 12.4. The Morgan fingerprint density at radius 2 is 1.71 bits per heavy atom. The predicted octanol–water partition coefficient (Wildman–Crippen LogP) is 6.50. The molecule has 1 aliphatic rings. The Morgan fingerprint density at radius 1 is 0.938 bits per heavy atom. The summed E-state index contributed by atoms with van der Waals surface area (Å²) in [6.45, 7) is 5.35. The molecule has 0 bridgehead atoms. The number of halogens is 4. The van der Waals surface area contributed by atoms with Gasteiger partial charge >= 0.3 is 0 Å². The fourth-order valence-corrected chi connectivity index (χ4v) is 7.50. The van der Waals surface area contributed by atoms with Crippen molar-refractivity contribution < 1.29 is 21.9 Å². The molecule has 17 heteroatoms. The first-order chi connectivity index (χ1) is 23.0. The number of fused-ring (bicyclic) bond motifs is 2. The van der Waals surface area contributed by atoms with E-state index in [1.54, 1.807) is 16.8 Å². The van der Waals surface area contributed by atoms with Crippen molar-refractivity contribution in [2.24, 2.45) is 0 Å². The lowest BCUT2D eigenvalue weighted by atomic mass is 10.1. The number of nitrogens with one attached hydrogen (secondary N) is 2. The highest BCUT2D eigenvalue weighted by molar-refractivity contribution is 7.92. The predicted molar refractivity (Wildman–Crippen MR) is 179 cm³/mol. The normalized spacial score (nSPS) is 16.8. The van der Waals surface area contributed by atoms with E-state index in [4.69, 9.17) is 32.9 Å². The van der Waals surface area contributed by atoms with E-state index in [0.717, 1.165) is 17.8 Å². The average Bonchev–Trinajstić information content (AvgIpc) is 3.50. The molecule has 0 aliphatic carbocycles.